The number of benzene rings is 1. The van der Waals surface area contributed by atoms with E-state index in [4.69, 9.17) is 4.74 Å². The second kappa shape index (κ2) is 7.38. The van der Waals surface area contributed by atoms with Crippen LogP contribution in [0.4, 0.5) is 4.39 Å². The third-order valence-corrected chi connectivity index (χ3v) is 4.10. The van der Waals surface area contributed by atoms with E-state index in [1.54, 1.807) is 0 Å². The highest BCUT2D eigenvalue weighted by molar-refractivity contribution is 5.81. The van der Waals surface area contributed by atoms with Gasteiger partial charge in [-0.05, 0) is 50.8 Å². The van der Waals surface area contributed by atoms with Crippen molar-refractivity contribution in [3.05, 3.63) is 35.6 Å². The quantitative estimate of drug-likeness (QED) is 0.804. The van der Waals surface area contributed by atoms with E-state index in [2.05, 4.69) is 0 Å². The number of halogens is 1. The van der Waals surface area contributed by atoms with Crippen molar-refractivity contribution in [3.63, 3.8) is 0 Å². The van der Waals surface area contributed by atoms with Crippen LogP contribution < -0.4 is 0 Å². The van der Waals surface area contributed by atoms with Crippen LogP contribution in [0.5, 0.6) is 0 Å². The molecule has 1 aliphatic heterocycles. The van der Waals surface area contributed by atoms with Crippen LogP contribution in [0.15, 0.2) is 24.3 Å². The van der Waals surface area contributed by atoms with E-state index in [-0.39, 0.29) is 36.8 Å². The third-order valence-electron chi connectivity index (χ3n) is 4.10. The van der Waals surface area contributed by atoms with Gasteiger partial charge in [-0.15, -0.1) is 0 Å². The van der Waals surface area contributed by atoms with Gasteiger partial charge in [0.2, 0.25) is 0 Å². The molecule has 22 heavy (non-hydrogen) atoms. The molecular weight excluding hydrogens is 285 g/mol. The summed E-state index contributed by atoms with van der Waals surface area (Å²) in [6.45, 7) is 3.82. The maximum absolute atomic E-state index is 12.8. The highest BCUT2D eigenvalue weighted by Gasteiger charge is 2.29. The van der Waals surface area contributed by atoms with Gasteiger partial charge in [-0.2, -0.15) is 0 Å². The van der Waals surface area contributed by atoms with Crippen LogP contribution in [0.25, 0.3) is 0 Å². The van der Waals surface area contributed by atoms with Crippen molar-refractivity contribution in [1.82, 2.24) is 4.90 Å². The third kappa shape index (κ3) is 4.29. The smallest absolute Gasteiger partial charge is 0.310 e. The molecule has 0 N–H and O–H groups in total. The molecule has 0 radical (unpaired) electrons. The second-order valence-corrected chi connectivity index (χ2v) is 5.89. The molecule has 1 heterocycles. The molecule has 5 heteroatoms. The van der Waals surface area contributed by atoms with Gasteiger partial charge in [0.05, 0.1) is 6.42 Å². The molecule has 1 amide bonds. The maximum atomic E-state index is 12.8. The minimum absolute atomic E-state index is 0.0403. The number of rotatable bonds is 4. The molecule has 0 spiro atoms. The van der Waals surface area contributed by atoms with Gasteiger partial charge in [0.15, 0.2) is 6.61 Å². The lowest BCUT2D eigenvalue weighted by molar-refractivity contribution is -0.154. The molecule has 1 saturated heterocycles. The van der Waals surface area contributed by atoms with E-state index in [1.807, 2.05) is 18.7 Å². The predicted octanol–water partition coefficient (Wildman–Crippen LogP) is 2.70. The molecule has 1 aromatic carbocycles. The van der Waals surface area contributed by atoms with Crippen LogP contribution in [-0.2, 0) is 20.7 Å². The molecule has 1 aromatic rings. The maximum Gasteiger partial charge on any atom is 0.310 e. The van der Waals surface area contributed by atoms with Crippen molar-refractivity contribution in [2.24, 2.45) is 0 Å². The number of amides is 1. The number of ether oxygens (including phenoxy) is 1. The van der Waals surface area contributed by atoms with Crippen LogP contribution in [-0.4, -0.2) is 35.5 Å². The standard InChI is InChI=1S/C17H22FNO3/c1-12-4-3-5-13(2)19(12)16(20)11-22-17(21)10-14-6-8-15(18)9-7-14/h6-9,12-13H,3-5,10-11H2,1-2H3/t12-,13+. The Morgan fingerprint density at radius 2 is 1.77 bits per heavy atom. The summed E-state index contributed by atoms with van der Waals surface area (Å²) in [7, 11) is 0. The average Bonchev–Trinajstić information content (AvgIpc) is 2.47. The molecule has 1 fully saturated rings. The SMILES string of the molecule is C[C@@H]1CCC[C@H](C)N1C(=O)COC(=O)Cc1ccc(F)cc1. The van der Waals surface area contributed by atoms with Crippen LogP contribution in [0.1, 0.15) is 38.7 Å². The largest absolute Gasteiger partial charge is 0.455 e. The highest BCUT2D eigenvalue weighted by atomic mass is 19.1. The normalized spacial score (nSPS) is 21.5. The molecule has 0 bridgehead atoms. The molecule has 2 rings (SSSR count). The van der Waals surface area contributed by atoms with Crippen LogP contribution >= 0.6 is 0 Å². The number of carbonyl (C=O) groups excluding carboxylic acids is 2. The first-order chi connectivity index (χ1) is 10.5. The first-order valence-corrected chi connectivity index (χ1v) is 7.68. The van der Waals surface area contributed by atoms with Gasteiger partial charge in [-0.25, -0.2) is 4.39 Å². The molecular formula is C17H22FNO3. The van der Waals surface area contributed by atoms with Crippen molar-refractivity contribution in [1.29, 1.82) is 0 Å². The fourth-order valence-electron chi connectivity index (χ4n) is 2.95. The first kappa shape index (κ1) is 16.5. The summed E-state index contributed by atoms with van der Waals surface area (Å²) in [5.74, 6) is -0.968. The zero-order chi connectivity index (χ0) is 16.1. The fraction of sp³-hybridized carbons (Fsp3) is 0.529. The van der Waals surface area contributed by atoms with Crippen LogP contribution in [0.3, 0.4) is 0 Å². The van der Waals surface area contributed by atoms with E-state index in [0.29, 0.717) is 5.56 Å². The lowest BCUT2D eigenvalue weighted by atomic mass is 9.97. The molecule has 0 aromatic heterocycles. The molecule has 0 aliphatic carbocycles. The topological polar surface area (TPSA) is 46.6 Å². The molecule has 0 saturated carbocycles. The monoisotopic (exact) mass is 307 g/mol. The summed E-state index contributed by atoms with van der Waals surface area (Å²) in [5.41, 5.74) is 0.665. The van der Waals surface area contributed by atoms with Gasteiger partial charge < -0.3 is 9.64 Å². The van der Waals surface area contributed by atoms with Gasteiger partial charge in [0.25, 0.3) is 5.91 Å². The summed E-state index contributed by atoms with van der Waals surface area (Å²) in [5, 5.41) is 0. The predicted molar refractivity (Wildman–Crippen MR) is 80.7 cm³/mol. The number of esters is 1. The summed E-state index contributed by atoms with van der Waals surface area (Å²) in [6.07, 6.45) is 3.13. The lowest BCUT2D eigenvalue weighted by Gasteiger charge is -2.38. The van der Waals surface area contributed by atoms with E-state index in [1.165, 1.54) is 24.3 Å². The lowest BCUT2D eigenvalue weighted by Crippen LogP contribution is -2.49. The number of piperidine rings is 1. The van der Waals surface area contributed by atoms with Crippen LogP contribution in [0, 0.1) is 5.82 Å². The highest BCUT2D eigenvalue weighted by Crippen LogP contribution is 2.22. The molecule has 1 aliphatic rings. The number of hydrogen-bond donors (Lipinski definition) is 0. The minimum atomic E-state index is -0.475. The Hall–Kier alpha value is -1.91. The summed E-state index contributed by atoms with van der Waals surface area (Å²) >= 11 is 0. The summed E-state index contributed by atoms with van der Waals surface area (Å²) in [6, 6.07) is 6.04. The van der Waals surface area contributed by atoms with Gasteiger partial charge in [0.1, 0.15) is 5.82 Å². The number of carbonyl (C=O) groups is 2. The van der Waals surface area contributed by atoms with Gasteiger partial charge in [-0.1, -0.05) is 12.1 Å². The Kier molecular flexibility index (Phi) is 5.52. The Morgan fingerprint density at radius 1 is 1.18 bits per heavy atom. The van der Waals surface area contributed by atoms with Crippen molar-refractivity contribution in [2.45, 2.75) is 51.6 Å². The van der Waals surface area contributed by atoms with E-state index in [9.17, 15) is 14.0 Å². The Bertz CT molecular complexity index is 519. The van der Waals surface area contributed by atoms with Gasteiger partial charge >= 0.3 is 5.97 Å². The zero-order valence-corrected chi connectivity index (χ0v) is 13.0. The van der Waals surface area contributed by atoms with Crippen molar-refractivity contribution < 1.29 is 18.7 Å². The Labute approximate surface area is 130 Å². The molecule has 2 atom stereocenters. The van der Waals surface area contributed by atoms with E-state index < -0.39 is 5.97 Å². The summed E-state index contributed by atoms with van der Waals surface area (Å²) < 4.78 is 17.9. The molecule has 120 valence electrons. The first-order valence-electron chi connectivity index (χ1n) is 7.68. The zero-order valence-electron chi connectivity index (χ0n) is 13.0. The average molecular weight is 307 g/mol. The summed E-state index contributed by atoms with van der Waals surface area (Å²) in [4.78, 5) is 25.8. The second-order valence-electron chi connectivity index (χ2n) is 5.89. The minimum Gasteiger partial charge on any atom is -0.455 e. The number of nitrogens with zero attached hydrogens (tertiary/aromatic N) is 1. The van der Waals surface area contributed by atoms with E-state index in [0.717, 1.165) is 19.3 Å². The van der Waals surface area contributed by atoms with Crippen molar-refractivity contribution in [2.75, 3.05) is 6.61 Å². The molecule has 4 nitrogen and oxygen atoms in total. The van der Waals surface area contributed by atoms with Crippen LogP contribution in [0.2, 0.25) is 0 Å². The van der Waals surface area contributed by atoms with Gasteiger partial charge in [-0.3, -0.25) is 9.59 Å². The number of likely N-dealkylation sites (tertiary alicyclic amines) is 1. The molecule has 0 unspecified atom stereocenters. The van der Waals surface area contributed by atoms with Crippen molar-refractivity contribution >= 4 is 11.9 Å². The number of hydrogen-bond acceptors (Lipinski definition) is 3. The fourth-order valence-corrected chi connectivity index (χ4v) is 2.95. The Balaban J connectivity index is 1.82. The van der Waals surface area contributed by atoms with E-state index >= 15 is 0 Å². The van der Waals surface area contributed by atoms with Crippen molar-refractivity contribution in [3.8, 4) is 0 Å². The van der Waals surface area contributed by atoms with Gasteiger partial charge in [0, 0.05) is 12.1 Å². The Morgan fingerprint density at radius 3 is 2.36 bits per heavy atom.